The fourth-order valence-corrected chi connectivity index (χ4v) is 3.39. The zero-order chi connectivity index (χ0) is 16.9. The summed E-state index contributed by atoms with van der Waals surface area (Å²) in [6.45, 7) is 5.78. The summed E-state index contributed by atoms with van der Waals surface area (Å²) >= 11 is 0. The number of nitrogens with one attached hydrogen (secondary N) is 1. The minimum absolute atomic E-state index is 0.106. The number of hydrogen-bond donors (Lipinski definition) is 1. The first-order chi connectivity index (χ1) is 11.6. The van der Waals surface area contributed by atoms with Crippen LogP contribution in [0.2, 0.25) is 0 Å². The minimum atomic E-state index is -0.554. The molecule has 0 aromatic carbocycles. The van der Waals surface area contributed by atoms with E-state index in [4.69, 9.17) is 9.57 Å². The Morgan fingerprint density at radius 1 is 1.46 bits per heavy atom. The lowest BCUT2D eigenvalue weighted by molar-refractivity contribution is -0.132. The van der Waals surface area contributed by atoms with E-state index < -0.39 is 6.10 Å². The van der Waals surface area contributed by atoms with E-state index in [0.29, 0.717) is 24.8 Å². The van der Waals surface area contributed by atoms with Crippen molar-refractivity contribution >= 4 is 11.6 Å². The molecule has 0 aliphatic carbocycles. The first-order valence-corrected chi connectivity index (χ1v) is 8.67. The topological polar surface area (TPSA) is 72.8 Å². The fourth-order valence-electron chi connectivity index (χ4n) is 3.39. The Labute approximate surface area is 142 Å². The zero-order valence-corrected chi connectivity index (χ0v) is 14.3. The maximum atomic E-state index is 12.4. The third-order valence-electron chi connectivity index (χ3n) is 4.65. The van der Waals surface area contributed by atoms with Gasteiger partial charge in [-0.15, -0.1) is 0 Å². The van der Waals surface area contributed by atoms with Gasteiger partial charge in [-0.2, -0.15) is 0 Å². The second kappa shape index (κ2) is 7.75. The molecule has 0 bridgehead atoms. The number of rotatable bonds is 5. The number of hydrogen-bond acceptors (Lipinski definition) is 5. The van der Waals surface area contributed by atoms with Crippen molar-refractivity contribution in [1.29, 1.82) is 0 Å². The Balaban J connectivity index is 1.50. The van der Waals surface area contributed by atoms with Crippen molar-refractivity contribution in [2.24, 2.45) is 17.0 Å². The highest BCUT2D eigenvalue weighted by atomic mass is 16.6. The Morgan fingerprint density at radius 3 is 3.08 bits per heavy atom. The standard InChI is InChI=1S/C18H25N3O3/c1-12(2)17-14(6-4-8-23-17)11-20-18(22)16-9-15(21-24-16)13-5-3-7-19-10-13/h3,5,7,10,12,14,16-17H,4,6,8-9,11H2,1-2H3,(H,20,22). The summed E-state index contributed by atoms with van der Waals surface area (Å²) < 4.78 is 5.87. The van der Waals surface area contributed by atoms with E-state index in [9.17, 15) is 4.79 Å². The van der Waals surface area contributed by atoms with Gasteiger partial charge in [0.05, 0.1) is 11.8 Å². The number of pyridine rings is 1. The van der Waals surface area contributed by atoms with E-state index >= 15 is 0 Å². The van der Waals surface area contributed by atoms with E-state index in [0.717, 1.165) is 30.7 Å². The van der Waals surface area contributed by atoms with Crippen molar-refractivity contribution in [3.8, 4) is 0 Å². The molecule has 1 aromatic heterocycles. The molecule has 3 rings (SSSR count). The molecule has 1 amide bonds. The largest absolute Gasteiger partial charge is 0.382 e. The smallest absolute Gasteiger partial charge is 0.264 e. The monoisotopic (exact) mass is 331 g/mol. The molecule has 1 aromatic rings. The zero-order valence-electron chi connectivity index (χ0n) is 14.3. The average Bonchev–Trinajstić information content (AvgIpc) is 3.11. The van der Waals surface area contributed by atoms with E-state index in [-0.39, 0.29) is 12.0 Å². The molecule has 24 heavy (non-hydrogen) atoms. The van der Waals surface area contributed by atoms with Crippen LogP contribution in [0.3, 0.4) is 0 Å². The Kier molecular flexibility index (Phi) is 5.45. The highest BCUT2D eigenvalue weighted by molar-refractivity contribution is 6.03. The molecule has 0 spiro atoms. The number of oxime groups is 1. The lowest BCUT2D eigenvalue weighted by Gasteiger charge is -2.34. The fraction of sp³-hybridized carbons (Fsp3) is 0.611. The highest BCUT2D eigenvalue weighted by Crippen LogP contribution is 2.26. The van der Waals surface area contributed by atoms with Gasteiger partial charge in [-0.25, -0.2) is 0 Å². The molecule has 130 valence electrons. The molecule has 2 aliphatic heterocycles. The molecule has 6 heteroatoms. The lowest BCUT2D eigenvalue weighted by Crippen LogP contribution is -2.44. The van der Waals surface area contributed by atoms with Crippen LogP contribution in [0.25, 0.3) is 0 Å². The van der Waals surface area contributed by atoms with Crippen molar-refractivity contribution in [3.05, 3.63) is 30.1 Å². The summed E-state index contributed by atoms with van der Waals surface area (Å²) in [5, 5.41) is 7.06. The van der Waals surface area contributed by atoms with Crippen LogP contribution in [-0.2, 0) is 14.4 Å². The van der Waals surface area contributed by atoms with Crippen LogP contribution in [-0.4, -0.2) is 42.0 Å². The van der Waals surface area contributed by atoms with Crippen molar-refractivity contribution in [2.75, 3.05) is 13.2 Å². The summed E-state index contributed by atoms with van der Waals surface area (Å²) in [5.74, 6) is 0.712. The van der Waals surface area contributed by atoms with Gasteiger partial charge in [-0.1, -0.05) is 19.0 Å². The number of amides is 1. The summed E-state index contributed by atoms with van der Waals surface area (Å²) in [6.07, 6.45) is 5.72. The van der Waals surface area contributed by atoms with Crippen molar-refractivity contribution in [1.82, 2.24) is 10.3 Å². The van der Waals surface area contributed by atoms with Crippen molar-refractivity contribution in [2.45, 2.75) is 45.3 Å². The Hall–Kier alpha value is -1.95. The van der Waals surface area contributed by atoms with Gasteiger partial charge in [0.15, 0.2) is 0 Å². The van der Waals surface area contributed by atoms with Crippen molar-refractivity contribution < 1.29 is 14.4 Å². The van der Waals surface area contributed by atoms with Crippen LogP contribution < -0.4 is 5.32 Å². The van der Waals surface area contributed by atoms with E-state index in [1.54, 1.807) is 12.4 Å². The number of nitrogens with zero attached hydrogens (tertiary/aromatic N) is 2. The molecule has 6 nitrogen and oxygen atoms in total. The molecule has 1 saturated heterocycles. The maximum absolute atomic E-state index is 12.4. The predicted molar refractivity (Wildman–Crippen MR) is 90.6 cm³/mol. The van der Waals surface area contributed by atoms with E-state index in [1.807, 2.05) is 12.1 Å². The first kappa shape index (κ1) is 16.9. The molecule has 1 N–H and O–H groups in total. The van der Waals surface area contributed by atoms with Gasteiger partial charge in [0, 0.05) is 43.4 Å². The molecular weight excluding hydrogens is 306 g/mol. The van der Waals surface area contributed by atoms with Gasteiger partial charge in [0.1, 0.15) is 0 Å². The van der Waals surface area contributed by atoms with Gasteiger partial charge < -0.3 is 14.9 Å². The lowest BCUT2D eigenvalue weighted by atomic mass is 9.87. The number of carbonyl (C=O) groups excluding carboxylic acids is 1. The highest BCUT2D eigenvalue weighted by Gasteiger charge is 2.32. The molecule has 3 atom stereocenters. The van der Waals surface area contributed by atoms with Gasteiger partial charge >= 0.3 is 0 Å². The third kappa shape index (κ3) is 3.93. The van der Waals surface area contributed by atoms with Crippen LogP contribution in [0, 0.1) is 11.8 Å². The van der Waals surface area contributed by atoms with Gasteiger partial charge in [-0.3, -0.25) is 9.78 Å². The summed E-state index contributed by atoms with van der Waals surface area (Å²) in [7, 11) is 0. The van der Waals surface area contributed by atoms with Gasteiger partial charge in [0.2, 0.25) is 6.10 Å². The number of aromatic nitrogens is 1. The molecule has 0 saturated carbocycles. The third-order valence-corrected chi connectivity index (χ3v) is 4.65. The average molecular weight is 331 g/mol. The quantitative estimate of drug-likeness (QED) is 0.897. The van der Waals surface area contributed by atoms with Gasteiger partial charge in [0.25, 0.3) is 5.91 Å². The number of carbonyl (C=O) groups is 1. The van der Waals surface area contributed by atoms with Crippen LogP contribution in [0.5, 0.6) is 0 Å². The Bertz CT molecular complexity index is 588. The molecule has 2 aliphatic rings. The number of ether oxygens (including phenoxy) is 1. The maximum Gasteiger partial charge on any atom is 0.264 e. The van der Waals surface area contributed by atoms with Gasteiger partial charge in [-0.05, 0) is 30.9 Å². The van der Waals surface area contributed by atoms with Crippen LogP contribution in [0.4, 0.5) is 0 Å². The van der Waals surface area contributed by atoms with E-state index in [2.05, 4.69) is 29.3 Å². The second-order valence-electron chi connectivity index (χ2n) is 6.80. The molecule has 0 radical (unpaired) electrons. The molecule has 3 unspecified atom stereocenters. The van der Waals surface area contributed by atoms with Crippen LogP contribution in [0.1, 0.15) is 38.7 Å². The second-order valence-corrected chi connectivity index (χ2v) is 6.80. The molecule has 1 fully saturated rings. The Morgan fingerprint density at radius 2 is 2.33 bits per heavy atom. The SMILES string of the molecule is CC(C)C1OCCCC1CNC(=O)C1CC(c2cccnc2)=NO1. The summed E-state index contributed by atoms with van der Waals surface area (Å²) in [5.41, 5.74) is 1.66. The molecular formula is C18H25N3O3. The normalized spacial score (nSPS) is 26.8. The van der Waals surface area contributed by atoms with Crippen molar-refractivity contribution in [3.63, 3.8) is 0 Å². The predicted octanol–water partition coefficient (Wildman–Crippen LogP) is 2.14. The minimum Gasteiger partial charge on any atom is -0.382 e. The summed E-state index contributed by atoms with van der Waals surface area (Å²) in [6, 6.07) is 3.77. The summed E-state index contributed by atoms with van der Waals surface area (Å²) in [4.78, 5) is 21.8. The van der Waals surface area contributed by atoms with E-state index in [1.165, 1.54) is 0 Å². The van der Waals surface area contributed by atoms with Crippen LogP contribution in [0.15, 0.2) is 29.7 Å². The van der Waals surface area contributed by atoms with Crippen LogP contribution >= 0.6 is 0 Å². The first-order valence-electron chi connectivity index (χ1n) is 8.67. The molecule has 3 heterocycles.